The van der Waals surface area contributed by atoms with Crippen LogP contribution in [0.2, 0.25) is 10.0 Å². The minimum atomic E-state index is -0.275. The molecule has 0 unspecified atom stereocenters. The van der Waals surface area contributed by atoms with Crippen molar-refractivity contribution in [3.63, 3.8) is 0 Å². The van der Waals surface area contributed by atoms with Gasteiger partial charge in [-0.15, -0.1) is 0 Å². The summed E-state index contributed by atoms with van der Waals surface area (Å²) in [6.07, 6.45) is 0.324. The van der Waals surface area contributed by atoms with Crippen molar-refractivity contribution < 1.29 is 13.9 Å². The molecule has 1 aromatic heterocycles. The first kappa shape index (κ1) is 22.8. The molecule has 174 valence electrons. The van der Waals surface area contributed by atoms with Gasteiger partial charge in [0.15, 0.2) is 0 Å². The molecule has 3 aromatic carbocycles. The van der Waals surface area contributed by atoms with Crippen LogP contribution in [-0.4, -0.2) is 46.7 Å². The number of benzene rings is 3. The van der Waals surface area contributed by atoms with Crippen molar-refractivity contribution in [2.45, 2.75) is 13.0 Å². The van der Waals surface area contributed by atoms with Crippen LogP contribution in [0.4, 0.5) is 4.39 Å². The molecular weight excluding hydrogens is 476 g/mol. The van der Waals surface area contributed by atoms with Crippen LogP contribution in [-0.2, 0) is 17.7 Å². The summed E-state index contributed by atoms with van der Waals surface area (Å²) in [4.78, 5) is 19.3. The Kier molecular flexibility index (Phi) is 6.55. The van der Waals surface area contributed by atoms with Crippen LogP contribution >= 0.6 is 23.2 Å². The second-order valence-corrected chi connectivity index (χ2v) is 9.05. The number of morpholine rings is 1. The molecule has 1 amide bonds. The first-order chi connectivity index (χ1) is 16.5. The van der Waals surface area contributed by atoms with E-state index in [1.54, 1.807) is 29.2 Å². The predicted octanol–water partition coefficient (Wildman–Crippen LogP) is 5.59. The first-order valence-electron chi connectivity index (χ1n) is 11.0. The topological polar surface area (TPSA) is 47.4 Å². The molecule has 0 spiro atoms. The molecule has 0 atom stereocenters. The minimum Gasteiger partial charge on any atom is -0.378 e. The van der Waals surface area contributed by atoms with Gasteiger partial charge in [0.1, 0.15) is 11.6 Å². The van der Waals surface area contributed by atoms with Gasteiger partial charge in [-0.3, -0.25) is 4.79 Å². The van der Waals surface area contributed by atoms with E-state index in [1.165, 1.54) is 6.07 Å². The molecule has 1 aliphatic rings. The highest BCUT2D eigenvalue weighted by molar-refractivity contribution is 6.42. The van der Waals surface area contributed by atoms with Crippen LogP contribution in [0.15, 0.2) is 60.7 Å². The Balaban J connectivity index is 1.46. The molecule has 0 aliphatic carbocycles. The van der Waals surface area contributed by atoms with E-state index < -0.39 is 0 Å². The lowest BCUT2D eigenvalue weighted by molar-refractivity contribution is 0.0303. The maximum absolute atomic E-state index is 14.4. The molecule has 8 heteroatoms. The van der Waals surface area contributed by atoms with Crippen molar-refractivity contribution in [3.8, 4) is 0 Å². The fourth-order valence-electron chi connectivity index (χ4n) is 4.18. The molecule has 1 aliphatic heterocycles. The number of amides is 1. The van der Waals surface area contributed by atoms with Crippen LogP contribution in [0.3, 0.4) is 0 Å². The molecule has 4 aromatic rings. The summed E-state index contributed by atoms with van der Waals surface area (Å²) in [6.45, 7) is 2.82. The zero-order valence-corrected chi connectivity index (χ0v) is 19.8. The predicted molar refractivity (Wildman–Crippen MR) is 131 cm³/mol. The van der Waals surface area contributed by atoms with Gasteiger partial charge in [0.25, 0.3) is 5.91 Å². The number of aromatic nitrogens is 2. The summed E-state index contributed by atoms with van der Waals surface area (Å²) in [5.41, 5.74) is 3.69. The molecule has 1 fully saturated rings. The quantitative estimate of drug-likeness (QED) is 0.360. The van der Waals surface area contributed by atoms with Crippen LogP contribution in [0, 0.1) is 5.82 Å². The van der Waals surface area contributed by atoms with Crippen LogP contribution in [0.25, 0.3) is 11.0 Å². The van der Waals surface area contributed by atoms with E-state index in [2.05, 4.69) is 0 Å². The average molecular weight is 498 g/mol. The lowest BCUT2D eigenvalue weighted by Gasteiger charge is -2.26. The fraction of sp³-hybridized carbons (Fsp3) is 0.231. The van der Waals surface area contributed by atoms with E-state index in [-0.39, 0.29) is 11.7 Å². The zero-order valence-electron chi connectivity index (χ0n) is 18.3. The molecule has 0 bridgehead atoms. The second-order valence-electron chi connectivity index (χ2n) is 8.24. The van der Waals surface area contributed by atoms with E-state index in [1.807, 2.05) is 34.9 Å². The minimum absolute atomic E-state index is 0.00426. The number of ether oxygens (including phenoxy) is 1. The molecule has 0 N–H and O–H groups in total. The highest BCUT2D eigenvalue weighted by Crippen LogP contribution is 2.30. The van der Waals surface area contributed by atoms with Crippen molar-refractivity contribution >= 4 is 40.1 Å². The van der Waals surface area contributed by atoms with Crippen LogP contribution in [0.5, 0.6) is 0 Å². The number of rotatable bonds is 5. The molecule has 0 saturated carbocycles. The molecule has 0 radical (unpaired) electrons. The Labute approximate surface area is 206 Å². The summed E-state index contributed by atoms with van der Waals surface area (Å²) in [5.74, 6) is 0.430. The highest BCUT2D eigenvalue weighted by atomic mass is 35.5. The number of hydrogen-bond acceptors (Lipinski definition) is 3. The molecular formula is C26H22Cl2FN3O2. The summed E-state index contributed by atoms with van der Waals surface area (Å²) in [7, 11) is 0. The fourth-order valence-corrected chi connectivity index (χ4v) is 4.49. The molecule has 34 heavy (non-hydrogen) atoms. The largest absolute Gasteiger partial charge is 0.378 e. The molecule has 2 heterocycles. The Morgan fingerprint density at radius 2 is 1.71 bits per heavy atom. The number of hydrogen-bond donors (Lipinski definition) is 0. The third-order valence-corrected chi connectivity index (χ3v) is 6.74. The van der Waals surface area contributed by atoms with Crippen molar-refractivity contribution in [1.29, 1.82) is 0 Å². The maximum atomic E-state index is 14.4. The SMILES string of the molecule is O=C(c1ccc(Cn2c(Cc3ccccc3F)nc3cc(Cl)c(Cl)cc32)cc1)N1CCOCC1. The van der Waals surface area contributed by atoms with Gasteiger partial charge in [-0.05, 0) is 41.5 Å². The summed E-state index contributed by atoms with van der Waals surface area (Å²) in [6, 6.07) is 17.7. The molecule has 5 rings (SSSR count). The van der Waals surface area contributed by atoms with E-state index in [9.17, 15) is 9.18 Å². The zero-order chi connectivity index (χ0) is 23.7. The van der Waals surface area contributed by atoms with Gasteiger partial charge in [-0.25, -0.2) is 9.37 Å². The van der Waals surface area contributed by atoms with Gasteiger partial charge in [0.2, 0.25) is 0 Å². The van der Waals surface area contributed by atoms with Crippen LogP contribution in [0.1, 0.15) is 27.3 Å². The monoisotopic (exact) mass is 497 g/mol. The van der Waals surface area contributed by atoms with E-state index in [0.717, 1.165) is 11.1 Å². The smallest absolute Gasteiger partial charge is 0.254 e. The Hall–Kier alpha value is -2.93. The Morgan fingerprint density at radius 3 is 2.44 bits per heavy atom. The lowest BCUT2D eigenvalue weighted by atomic mass is 10.1. The second kappa shape index (κ2) is 9.74. The van der Waals surface area contributed by atoms with Gasteiger partial charge in [0.05, 0.1) is 34.3 Å². The maximum Gasteiger partial charge on any atom is 0.254 e. The number of carbonyl (C=O) groups is 1. The number of fused-ring (bicyclic) bond motifs is 1. The van der Waals surface area contributed by atoms with Crippen molar-refractivity contribution in [2.75, 3.05) is 26.3 Å². The van der Waals surface area contributed by atoms with E-state index in [4.69, 9.17) is 32.9 Å². The van der Waals surface area contributed by atoms with E-state index >= 15 is 0 Å². The van der Waals surface area contributed by atoms with Crippen molar-refractivity contribution in [3.05, 3.63) is 99.0 Å². The van der Waals surface area contributed by atoms with Crippen LogP contribution < -0.4 is 0 Å². The first-order valence-corrected chi connectivity index (χ1v) is 11.8. The van der Waals surface area contributed by atoms with Gasteiger partial charge in [0, 0.05) is 31.6 Å². The third kappa shape index (κ3) is 4.67. The number of halogens is 3. The Bertz CT molecular complexity index is 1350. The van der Waals surface area contributed by atoms with Gasteiger partial charge < -0.3 is 14.2 Å². The Morgan fingerprint density at radius 1 is 1.00 bits per heavy atom. The van der Waals surface area contributed by atoms with Gasteiger partial charge in [-0.1, -0.05) is 53.5 Å². The number of imidazole rings is 1. The summed E-state index contributed by atoms with van der Waals surface area (Å²) in [5, 5.41) is 0.849. The molecule has 1 saturated heterocycles. The molecule has 5 nitrogen and oxygen atoms in total. The van der Waals surface area contributed by atoms with Crippen molar-refractivity contribution in [1.82, 2.24) is 14.5 Å². The highest BCUT2D eigenvalue weighted by Gasteiger charge is 2.19. The van der Waals surface area contributed by atoms with Gasteiger partial charge >= 0.3 is 0 Å². The van der Waals surface area contributed by atoms with E-state index in [0.29, 0.717) is 71.8 Å². The normalized spacial score (nSPS) is 14.0. The average Bonchev–Trinajstić information content (AvgIpc) is 3.17. The van der Waals surface area contributed by atoms with Gasteiger partial charge in [-0.2, -0.15) is 0 Å². The summed E-state index contributed by atoms with van der Waals surface area (Å²) < 4.78 is 21.7. The standard InChI is InChI=1S/C26H22Cl2FN3O2/c27-20-14-23-24(15-21(20)28)32(25(30-23)13-19-3-1-2-4-22(19)29)16-17-5-7-18(8-6-17)26(33)31-9-11-34-12-10-31/h1-8,14-15H,9-13,16H2. The summed E-state index contributed by atoms with van der Waals surface area (Å²) >= 11 is 12.5. The number of carbonyl (C=O) groups excluding carboxylic acids is 1. The van der Waals surface area contributed by atoms with Crippen molar-refractivity contribution in [2.24, 2.45) is 0 Å². The third-order valence-electron chi connectivity index (χ3n) is 6.02. The lowest BCUT2D eigenvalue weighted by Crippen LogP contribution is -2.40. The number of nitrogens with zero attached hydrogens (tertiary/aromatic N) is 3.